The molecule has 0 bridgehead atoms. The molecule has 1 amide bonds. The fraction of sp³-hybridized carbons (Fsp3) is 0.435. The van der Waals surface area contributed by atoms with Gasteiger partial charge >= 0.3 is 0 Å². The second-order valence-electron chi connectivity index (χ2n) is 7.23. The number of amides is 1. The third kappa shape index (κ3) is 5.73. The third-order valence-electron chi connectivity index (χ3n) is 5.26. The molecule has 0 radical (unpaired) electrons. The van der Waals surface area contributed by atoms with E-state index < -0.39 is 0 Å². The van der Waals surface area contributed by atoms with E-state index in [1.807, 2.05) is 59.5 Å². The molecule has 1 aliphatic rings. The standard InChI is InChI=1S/C23H29ClN2O2/c1-2-14-25(17-18-28-22-10-8-20(24)9-11-22)21-12-15-26(16-13-21)23(27)19-6-4-3-5-7-19/h3-11,21H,2,12-18H2,1H3. The second-order valence-corrected chi connectivity index (χ2v) is 7.66. The van der Waals surface area contributed by atoms with Gasteiger partial charge in [0.15, 0.2) is 0 Å². The van der Waals surface area contributed by atoms with Gasteiger partial charge in [-0.2, -0.15) is 0 Å². The van der Waals surface area contributed by atoms with Crippen LogP contribution in [0, 0.1) is 0 Å². The molecule has 1 fully saturated rings. The molecular formula is C23H29ClN2O2. The molecule has 0 spiro atoms. The van der Waals surface area contributed by atoms with Crippen LogP contribution in [0.25, 0.3) is 0 Å². The highest BCUT2D eigenvalue weighted by Gasteiger charge is 2.27. The Labute approximate surface area is 173 Å². The molecule has 0 aromatic heterocycles. The lowest BCUT2D eigenvalue weighted by molar-refractivity contribution is 0.0597. The number of hydrogen-bond donors (Lipinski definition) is 0. The maximum atomic E-state index is 12.6. The van der Waals surface area contributed by atoms with Gasteiger partial charge in [0.1, 0.15) is 12.4 Å². The normalized spacial score (nSPS) is 15.0. The Morgan fingerprint density at radius 1 is 1.07 bits per heavy atom. The molecule has 4 nitrogen and oxygen atoms in total. The SMILES string of the molecule is CCCN(CCOc1ccc(Cl)cc1)C1CCN(C(=O)c2ccccc2)CC1. The van der Waals surface area contributed by atoms with Gasteiger partial charge in [-0.3, -0.25) is 9.69 Å². The Morgan fingerprint density at radius 3 is 2.39 bits per heavy atom. The van der Waals surface area contributed by atoms with Crippen molar-refractivity contribution in [3.8, 4) is 5.75 Å². The molecule has 3 rings (SSSR count). The molecular weight excluding hydrogens is 372 g/mol. The molecule has 1 aliphatic heterocycles. The maximum Gasteiger partial charge on any atom is 0.253 e. The zero-order chi connectivity index (χ0) is 19.8. The molecule has 0 N–H and O–H groups in total. The van der Waals surface area contributed by atoms with Crippen LogP contribution >= 0.6 is 11.6 Å². The van der Waals surface area contributed by atoms with Crippen molar-refractivity contribution in [2.24, 2.45) is 0 Å². The van der Waals surface area contributed by atoms with Crippen LogP contribution in [-0.4, -0.2) is 54.5 Å². The number of carbonyl (C=O) groups is 1. The molecule has 0 unspecified atom stereocenters. The van der Waals surface area contributed by atoms with Crippen molar-refractivity contribution in [1.82, 2.24) is 9.80 Å². The van der Waals surface area contributed by atoms with Crippen LogP contribution < -0.4 is 4.74 Å². The summed E-state index contributed by atoms with van der Waals surface area (Å²) in [6, 6.07) is 17.6. The second kappa shape index (κ2) is 10.5. The number of likely N-dealkylation sites (tertiary alicyclic amines) is 1. The number of nitrogens with zero attached hydrogens (tertiary/aromatic N) is 2. The first-order valence-corrected chi connectivity index (χ1v) is 10.5. The smallest absolute Gasteiger partial charge is 0.253 e. The van der Waals surface area contributed by atoms with Gasteiger partial charge < -0.3 is 9.64 Å². The molecule has 150 valence electrons. The summed E-state index contributed by atoms with van der Waals surface area (Å²) in [5.41, 5.74) is 0.780. The van der Waals surface area contributed by atoms with Gasteiger partial charge in [0.25, 0.3) is 5.91 Å². The monoisotopic (exact) mass is 400 g/mol. The number of hydrogen-bond acceptors (Lipinski definition) is 3. The minimum absolute atomic E-state index is 0.146. The molecule has 0 aliphatic carbocycles. The van der Waals surface area contributed by atoms with Crippen LogP contribution in [0.2, 0.25) is 5.02 Å². The summed E-state index contributed by atoms with van der Waals surface area (Å²) in [5.74, 6) is 0.997. The van der Waals surface area contributed by atoms with Crippen molar-refractivity contribution in [2.45, 2.75) is 32.2 Å². The quantitative estimate of drug-likeness (QED) is 0.641. The topological polar surface area (TPSA) is 32.8 Å². The third-order valence-corrected chi connectivity index (χ3v) is 5.51. The Kier molecular flexibility index (Phi) is 7.75. The summed E-state index contributed by atoms with van der Waals surface area (Å²) in [7, 11) is 0. The zero-order valence-corrected chi connectivity index (χ0v) is 17.3. The fourth-order valence-corrected chi connectivity index (χ4v) is 3.90. The van der Waals surface area contributed by atoms with Crippen molar-refractivity contribution in [3.63, 3.8) is 0 Å². The molecule has 1 saturated heterocycles. The van der Waals surface area contributed by atoms with Crippen LogP contribution in [0.1, 0.15) is 36.5 Å². The number of halogens is 1. The van der Waals surface area contributed by atoms with Crippen LogP contribution in [0.3, 0.4) is 0 Å². The van der Waals surface area contributed by atoms with E-state index in [0.717, 1.165) is 61.8 Å². The number of carbonyl (C=O) groups excluding carboxylic acids is 1. The molecule has 28 heavy (non-hydrogen) atoms. The van der Waals surface area contributed by atoms with Crippen LogP contribution in [0.4, 0.5) is 0 Å². The van der Waals surface area contributed by atoms with Gasteiger partial charge in [0.05, 0.1) is 0 Å². The highest BCUT2D eigenvalue weighted by atomic mass is 35.5. The highest BCUT2D eigenvalue weighted by Crippen LogP contribution is 2.20. The largest absolute Gasteiger partial charge is 0.492 e. The van der Waals surface area contributed by atoms with E-state index in [9.17, 15) is 4.79 Å². The van der Waals surface area contributed by atoms with Crippen molar-refractivity contribution in [3.05, 3.63) is 65.2 Å². The summed E-state index contributed by atoms with van der Waals surface area (Å²) in [6.45, 7) is 6.45. The zero-order valence-electron chi connectivity index (χ0n) is 16.5. The first kappa shape index (κ1) is 20.7. The van der Waals surface area contributed by atoms with E-state index in [-0.39, 0.29) is 5.91 Å². The minimum atomic E-state index is 0.146. The number of ether oxygens (including phenoxy) is 1. The van der Waals surface area contributed by atoms with Crippen molar-refractivity contribution >= 4 is 17.5 Å². The number of rotatable bonds is 8. The van der Waals surface area contributed by atoms with Gasteiger partial charge in [-0.05, 0) is 62.2 Å². The lowest BCUT2D eigenvalue weighted by Gasteiger charge is -2.38. The molecule has 2 aromatic rings. The van der Waals surface area contributed by atoms with Gasteiger partial charge in [-0.25, -0.2) is 0 Å². The predicted octanol–water partition coefficient (Wildman–Crippen LogP) is 4.74. The number of piperidine rings is 1. The van der Waals surface area contributed by atoms with Crippen molar-refractivity contribution in [2.75, 3.05) is 32.8 Å². The van der Waals surface area contributed by atoms with E-state index >= 15 is 0 Å². The molecule has 1 heterocycles. The molecule has 0 saturated carbocycles. The maximum absolute atomic E-state index is 12.6. The average Bonchev–Trinajstić information content (AvgIpc) is 2.75. The predicted molar refractivity (Wildman–Crippen MR) is 114 cm³/mol. The van der Waals surface area contributed by atoms with E-state index in [4.69, 9.17) is 16.3 Å². The fourth-order valence-electron chi connectivity index (χ4n) is 3.77. The summed E-state index contributed by atoms with van der Waals surface area (Å²) in [5, 5.41) is 0.719. The van der Waals surface area contributed by atoms with Crippen LogP contribution in [0.15, 0.2) is 54.6 Å². The van der Waals surface area contributed by atoms with E-state index in [0.29, 0.717) is 12.6 Å². The molecule has 5 heteroatoms. The Bertz CT molecular complexity index is 728. The first-order valence-electron chi connectivity index (χ1n) is 10.1. The van der Waals surface area contributed by atoms with E-state index in [1.54, 1.807) is 0 Å². The highest BCUT2D eigenvalue weighted by molar-refractivity contribution is 6.30. The summed E-state index contributed by atoms with van der Waals surface area (Å²) >= 11 is 5.92. The van der Waals surface area contributed by atoms with Gasteiger partial charge in [0.2, 0.25) is 0 Å². The van der Waals surface area contributed by atoms with Crippen molar-refractivity contribution < 1.29 is 9.53 Å². The average molecular weight is 401 g/mol. The van der Waals surface area contributed by atoms with Gasteiger partial charge in [-0.1, -0.05) is 36.7 Å². The van der Waals surface area contributed by atoms with Crippen molar-refractivity contribution in [1.29, 1.82) is 0 Å². The van der Waals surface area contributed by atoms with Crippen LogP contribution in [0.5, 0.6) is 5.75 Å². The Hall–Kier alpha value is -2.04. The lowest BCUT2D eigenvalue weighted by Crippen LogP contribution is -2.48. The minimum Gasteiger partial charge on any atom is -0.492 e. The number of benzene rings is 2. The van der Waals surface area contributed by atoms with E-state index in [2.05, 4.69) is 11.8 Å². The molecule has 0 atom stereocenters. The van der Waals surface area contributed by atoms with Crippen LogP contribution in [-0.2, 0) is 0 Å². The summed E-state index contributed by atoms with van der Waals surface area (Å²) in [4.78, 5) is 17.1. The van der Waals surface area contributed by atoms with Gasteiger partial charge in [-0.15, -0.1) is 0 Å². The van der Waals surface area contributed by atoms with E-state index in [1.165, 1.54) is 0 Å². The molecule has 2 aromatic carbocycles. The first-order chi connectivity index (χ1) is 13.7. The summed E-state index contributed by atoms with van der Waals surface area (Å²) < 4.78 is 5.88. The van der Waals surface area contributed by atoms with Gasteiger partial charge in [0, 0.05) is 36.3 Å². The Morgan fingerprint density at radius 2 is 1.75 bits per heavy atom. The lowest BCUT2D eigenvalue weighted by atomic mass is 10.0. The Balaban J connectivity index is 1.48. The summed E-state index contributed by atoms with van der Waals surface area (Å²) in [6.07, 6.45) is 3.14.